The summed E-state index contributed by atoms with van der Waals surface area (Å²) < 4.78 is 10.4. The summed E-state index contributed by atoms with van der Waals surface area (Å²) >= 11 is 0. The summed E-state index contributed by atoms with van der Waals surface area (Å²) in [4.78, 5) is 42.2. The normalized spacial score (nSPS) is 15.8. The van der Waals surface area contributed by atoms with E-state index in [1.807, 2.05) is 6.07 Å². The molecule has 0 aliphatic carbocycles. The summed E-state index contributed by atoms with van der Waals surface area (Å²) in [6, 6.07) is 9.11. The smallest absolute Gasteiger partial charge is 0.325 e. The SMILES string of the molecule is COc1ccc(CN2C(=O)NC(CC(=O)NCc3ccccn3)C2=O)cc1OC. The largest absolute Gasteiger partial charge is 0.493 e. The molecule has 1 saturated heterocycles. The molecule has 3 rings (SSSR count). The highest BCUT2D eigenvalue weighted by atomic mass is 16.5. The lowest BCUT2D eigenvalue weighted by atomic mass is 10.1. The molecule has 1 aromatic heterocycles. The summed E-state index contributed by atoms with van der Waals surface area (Å²) in [6.07, 6.45) is 1.49. The molecule has 29 heavy (non-hydrogen) atoms. The minimum Gasteiger partial charge on any atom is -0.493 e. The second kappa shape index (κ2) is 9.05. The van der Waals surface area contributed by atoms with Crippen LogP contribution < -0.4 is 20.1 Å². The third-order valence-corrected chi connectivity index (χ3v) is 4.48. The topological polar surface area (TPSA) is 110 Å². The molecule has 2 heterocycles. The maximum Gasteiger partial charge on any atom is 0.325 e. The van der Waals surface area contributed by atoms with Crippen molar-refractivity contribution >= 4 is 17.8 Å². The van der Waals surface area contributed by atoms with Gasteiger partial charge in [-0.05, 0) is 29.8 Å². The number of aromatic nitrogens is 1. The molecule has 2 aromatic rings. The van der Waals surface area contributed by atoms with E-state index in [1.165, 1.54) is 14.2 Å². The number of hydrogen-bond acceptors (Lipinski definition) is 6. The Bertz CT molecular complexity index is 903. The number of rotatable bonds is 8. The number of carbonyl (C=O) groups excluding carboxylic acids is 3. The predicted molar refractivity (Wildman–Crippen MR) is 103 cm³/mol. The van der Waals surface area contributed by atoms with Crippen LogP contribution in [0.15, 0.2) is 42.6 Å². The molecule has 1 unspecified atom stereocenters. The van der Waals surface area contributed by atoms with Crippen molar-refractivity contribution in [1.82, 2.24) is 20.5 Å². The van der Waals surface area contributed by atoms with Gasteiger partial charge in [0.15, 0.2) is 11.5 Å². The molecule has 9 nitrogen and oxygen atoms in total. The van der Waals surface area contributed by atoms with Crippen LogP contribution in [0, 0.1) is 0 Å². The number of urea groups is 1. The number of nitrogens with one attached hydrogen (secondary N) is 2. The lowest BCUT2D eigenvalue weighted by Gasteiger charge is -2.15. The average Bonchev–Trinajstić information content (AvgIpc) is 3.00. The molecular formula is C20H22N4O5. The highest BCUT2D eigenvalue weighted by molar-refractivity contribution is 6.05. The lowest BCUT2D eigenvalue weighted by molar-refractivity contribution is -0.131. The van der Waals surface area contributed by atoms with Gasteiger partial charge in [-0.25, -0.2) is 4.79 Å². The lowest BCUT2D eigenvalue weighted by Crippen LogP contribution is -2.36. The summed E-state index contributed by atoms with van der Waals surface area (Å²) in [5.74, 6) is 0.262. The summed E-state index contributed by atoms with van der Waals surface area (Å²) in [7, 11) is 3.04. The van der Waals surface area contributed by atoms with E-state index < -0.39 is 18.0 Å². The van der Waals surface area contributed by atoms with E-state index in [0.29, 0.717) is 22.8 Å². The Morgan fingerprint density at radius 1 is 1.17 bits per heavy atom. The quantitative estimate of drug-likeness (QED) is 0.647. The second-order valence-corrected chi connectivity index (χ2v) is 6.42. The van der Waals surface area contributed by atoms with Crippen LogP contribution >= 0.6 is 0 Å². The minimum absolute atomic E-state index is 0.0665. The molecule has 1 aliphatic heterocycles. The monoisotopic (exact) mass is 398 g/mol. The first-order valence-corrected chi connectivity index (χ1v) is 9.01. The molecule has 1 fully saturated rings. The second-order valence-electron chi connectivity index (χ2n) is 6.42. The van der Waals surface area contributed by atoms with E-state index in [1.54, 1.807) is 36.5 Å². The van der Waals surface area contributed by atoms with Gasteiger partial charge in [-0.15, -0.1) is 0 Å². The molecule has 0 bridgehead atoms. The van der Waals surface area contributed by atoms with Crippen molar-refractivity contribution in [2.45, 2.75) is 25.6 Å². The van der Waals surface area contributed by atoms with Gasteiger partial charge in [0, 0.05) is 6.20 Å². The molecule has 9 heteroatoms. The first-order chi connectivity index (χ1) is 14.0. The van der Waals surface area contributed by atoms with Gasteiger partial charge in [-0.2, -0.15) is 0 Å². The van der Waals surface area contributed by atoms with Gasteiger partial charge in [0.25, 0.3) is 5.91 Å². The van der Waals surface area contributed by atoms with Crippen LogP contribution in [0.2, 0.25) is 0 Å². The maximum atomic E-state index is 12.6. The van der Waals surface area contributed by atoms with Gasteiger partial charge < -0.3 is 20.1 Å². The number of pyridine rings is 1. The van der Waals surface area contributed by atoms with Gasteiger partial charge >= 0.3 is 6.03 Å². The third-order valence-electron chi connectivity index (χ3n) is 4.48. The zero-order chi connectivity index (χ0) is 20.8. The Hall–Kier alpha value is -3.62. The molecule has 0 spiro atoms. The first-order valence-electron chi connectivity index (χ1n) is 9.01. The number of amides is 4. The molecule has 1 aliphatic rings. The van der Waals surface area contributed by atoms with Gasteiger partial charge in [0.1, 0.15) is 6.04 Å². The maximum absolute atomic E-state index is 12.6. The Morgan fingerprint density at radius 2 is 1.97 bits per heavy atom. The molecule has 2 N–H and O–H groups in total. The summed E-state index contributed by atoms with van der Waals surface area (Å²) in [5, 5.41) is 5.26. The van der Waals surface area contributed by atoms with Crippen molar-refractivity contribution in [2.75, 3.05) is 14.2 Å². The van der Waals surface area contributed by atoms with Crippen LogP contribution in [0.4, 0.5) is 4.79 Å². The van der Waals surface area contributed by atoms with Crippen LogP contribution in [-0.2, 0) is 22.7 Å². The summed E-state index contributed by atoms with van der Waals surface area (Å²) in [6.45, 7) is 0.320. The van der Waals surface area contributed by atoms with Crippen LogP contribution in [0.25, 0.3) is 0 Å². The fourth-order valence-corrected chi connectivity index (χ4v) is 2.98. The van der Waals surface area contributed by atoms with Crippen molar-refractivity contribution < 1.29 is 23.9 Å². The van der Waals surface area contributed by atoms with E-state index in [2.05, 4.69) is 15.6 Å². The average molecular weight is 398 g/mol. The number of carbonyl (C=O) groups is 3. The number of hydrogen-bond donors (Lipinski definition) is 2. The van der Waals surface area contributed by atoms with E-state index in [4.69, 9.17) is 9.47 Å². The fraction of sp³-hybridized carbons (Fsp3) is 0.300. The van der Waals surface area contributed by atoms with Crippen molar-refractivity contribution in [3.8, 4) is 11.5 Å². The zero-order valence-corrected chi connectivity index (χ0v) is 16.2. The van der Waals surface area contributed by atoms with E-state index in [9.17, 15) is 14.4 Å². The summed E-state index contributed by atoms with van der Waals surface area (Å²) in [5.41, 5.74) is 1.41. The zero-order valence-electron chi connectivity index (χ0n) is 16.2. The van der Waals surface area contributed by atoms with Gasteiger partial charge in [-0.1, -0.05) is 12.1 Å². The molecule has 0 saturated carbocycles. The van der Waals surface area contributed by atoms with E-state index in [-0.39, 0.29) is 25.4 Å². The van der Waals surface area contributed by atoms with E-state index in [0.717, 1.165) is 4.90 Å². The van der Waals surface area contributed by atoms with Crippen molar-refractivity contribution in [3.05, 3.63) is 53.9 Å². The molecule has 152 valence electrons. The fourth-order valence-electron chi connectivity index (χ4n) is 2.98. The standard InChI is InChI=1S/C20H22N4O5/c1-28-16-7-6-13(9-17(16)29-2)12-24-19(26)15(23-20(24)27)10-18(25)22-11-14-5-3-4-8-21-14/h3-9,15H,10-12H2,1-2H3,(H,22,25)(H,23,27). The van der Waals surface area contributed by atoms with Gasteiger partial charge in [0.2, 0.25) is 5.91 Å². The van der Waals surface area contributed by atoms with Crippen molar-refractivity contribution in [1.29, 1.82) is 0 Å². The van der Waals surface area contributed by atoms with Gasteiger partial charge in [-0.3, -0.25) is 19.5 Å². The Morgan fingerprint density at radius 3 is 2.66 bits per heavy atom. The minimum atomic E-state index is -0.897. The van der Waals surface area contributed by atoms with Crippen LogP contribution in [0.3, 0.4) is 0 Å². The van der Waals surface area contributed by atoms with E-state index >= 15 is 0 Å². The highest BCUT2D eigenvalue weighted by Gasteiger charge is 2.39. The Balaban J connectivity index is 1.58. The number of nitrogens with zero attached hydrogens (tertiary/aromatic N) is 2. The Kier molecular flexibility index (Phi) is 6.28. The molecule has 0 radical (unpaired) electrons. The molecule has 4 amide bonds. The number of ether oxygens (including phenoxy) is 2. The number of methoxy groups -OCH3 is 2. The molecule has 1 atom stereocenters. The van der Waals surface area contributed by atoms with Gasteiger partial charge in [0.05, 0.1) is 39.4 Å². The number of benzene rings is 1. The van der Waals surface area contributed by atoms with Crippen molar-refractivity contribution in [3.63, 3.8) is 0 Å². The van der Waals surface area contributed by atoms with Crippen LogP contribution in [-0.4, -0.2) is 48.0 Å². The third kappa shape index (κ3) is 4.81. The predicted octanol–water partition coefficient (Wildman–Crippen LogP) is 1.23. The van der Waals surface area contributed by atoms with Crippen LogP contribution in [0.5, 0.6) is 11.5 Å². The van der Waals surface area contributed by atoms with Crippen molar-refractivity contribution in [2.24, 2.45) is 0 Å². The van der Waals surface area contributed by atoms with Crippen LogP contribution in [0.1, 0.15) is 17.7 Å². The molecular weight excluding hydrogens is 376 g/mol. The number of imide groups is 1. The first kappa shape index (κ1) is 20.1. The highest BCUT2D eigenvalue weighted by Crippen LogP contribution is 2.28. The molecule has 1 aromatic carbocycles. The Labute approximate surface area is 168 Å².